The maximum absolute atomic E-state index is 12.3. The van der Waals surface area contributed by atoms with Crippen LogP contribution in [-0.2, 0) is 16.1 Å². The first-order valence-corrected chi connectivity index (χ1v) is 7.02. The summed E-state index contributed by atoms with van der Waals surface area (Å²) in [5.74, 6) is 1.26. The molecule has 0 saturated heterocycles. The fourth-order valence-corrected chi connectivity index (χ4v) is 2.36. The maximum atomic E-state index is 12.3. The second-order valence-electron chi connectivity index (χ2n) is 4.93. The summed E-state index contributed by atoms with van der Waals surface area (Å²) in [5.41, 5.74) is 1.77. The van der Waals surface area contributed by atoms with Crippen molar-refractivity contribution in [2.24, 2.45) is 0 Å². The zero-order valence-electron chi connectivity index (χ0n) is 12.2. The first-order chi connectivity index (χ1) is 10.8. The lowest BCUT2D eigenvalue weighted by atomic mass is 10.1. The molecule has 2 aromatic rings. The van der Waals surface area contributed by atoms with Crippen LogP contribution in [0.15, 0.2) is 48.5 Å². The van der Waals surface area contributed by atoms with Crippen LogP contribution >= 0.6 is 0 Å². The van der Waals surface area contributed by atoms with Crippen LogP contribution in [-0.4, -0.2) is 19.8 Å². The second kappa shape index (κ2) is 6.49. The molecule has 5 nitrogen and oxygen atoms in total. The van der Waals surface area contributed by atoms with Gasteiger partial charge in [0.15, 0.2) is 17.6 Å². The van der Waals surface area contributed by atoms with Crippen LogP contribution in [0.3, 0.4) is 0 Å². The Morgan fingerprint density at radius 1 is 1.18 bits per heavy atom. The number of rotatable bonds is 5. The van der Waals surface area contributed by atoms with Gasteiger partial charge >= 0.3 is 0 Å². The summed E-state index contributed by atoms with van der Waals surface area (Å²) < 4.78 is 15.9. The Hall–Kier alpha value is -2.53. The molecule has 3 rings (SSSR count). The minimum Gasteiger partial charge on any atom is -0.454 e. The van der Waals surface area contributed by atoms with Crippen LogP contribution in [0, 0.1) is 0 Å². The number of ether oxygens (including phenoxy) is 3. The van der Waals surface area contributed by atoms with Crippen LogP contribution in [0.5, 0.6) is 11.5 Å². The van der Waals surface area contributed by atoms with Gasteiger partial charge in [0.2, 0.25) is 6.79 Å². The van der Waals surface area contributed by atoms with Crippen molar-refractivity contribution in [3.8, 4) is 11.5 Å². The van der Waals surface area contributed by atoms with Crippen molar-refractivity contribution < 1.29 is 19.0 Å². The molecule has 0 spiro atoms. The summed E-state index contributed by atoms with van der Waals surface area (Å²) >= 11 is 0. The van der Waals surface area contributed by atoms with Gasteiger partial charge in [-0.3, -0.25) is 4.79 Å². The summed E-state index contributed by atoms with van der Waals surface area (Å²) in [6.45, 7) is 0.646. The normalized spacial score (nSPS) is 13.7. The van der Waals surface area contributed by atoms with Crippen molar-refractivity contribution in [3.05, 3.63) is 59.7 Å². The third kappa shape index (κ3) is 3.04. The number of nitrogens with one attached hydrogen (secondary N) is 1. The molecule has 0 aromatic heterocycles. The maximum Gasteiger partial charge on any atom is 0.254 e. The van der Waals surface area contributed by atoms with E-state index >= 15 is 0 Å². The van der Waals surface area contributed by atoms with E-state index < -0.39 is 6.10 Å². The Morgan fingerprint density at radius 2 is 1.95 bits per heavy atom. The SMILES string of the molecule is CO[C@@H](C(=O)NCc1ccc2c(c1)OCO2)c1ccccc1. The van der Waals surface area contributed by atoms with E-state index in [1.807, 2.05) is 48.5 Å². The summed E-state index contributed by atoms with van der Waals surface area (Å²) in [6, 6.07) is 15.0. The van der Waals surface area contributed by atoms with Gasteiger partial charge in [-0.2, -0.15) is 0 Å². The number of hydrogen-bond acceptors (Lipinski definition) is 4. The van der Waals surface area contributed by atoms with E-state index in [1.165, 1.54) is 7.11 Å². The van der Waals surface area contributed by atoms with Crippen molar-refractivity contribution in [2.45, 2.75) is 12.6 Å². The smallest absolute Gasteiger partial charge is 0.254 e. The molecule has 1 aliphatic rings. The highest BCUT2D eigenvalue weighted by Crippen LogP contribution is 2.32. The molecule has 0 unspecified atom stereocenters. The van der Waals surface area contributed by atoms with Gasteiger partial charge in [0.05, 0.1) is 0 Å². The minimum absolute atomic E-state index is 0.175. The van der Waals surface area contributed by atoms with Gasteiger partial charge in [-0.05, 0) is 23.3 Å². The molecule has 5 heteroatoms. The fourth-order valence-electron chi connectivity index (χ4n) is 2.36. The molecule has 1 amide bonds. The Labute approximate surface area is 128 Å². The second-order valence-corrected chi connectivity index (χ2v) is 4.93. The number of hydrogen-bond donors (Lipinski definition) is 1. The number of carbonyl (C=O) groups is 1. The van der Waals surface area contributed by atoms with Gasteiger partial charge in [0, 0.05) is 13.7 Å². The highest BCUT2D eigenvalue weighted by molar-refractivity contribution is 5.82. The van der Waals surface area contributed by atoms with E-state index in [0.717, 1.165) is 16.9 Å². The van der Waals surface area contributed by atoms with E-state index in [2.05, 4.69) is 5.32 Å². The lowest BCUT2D eigenvalue weighted by Crippen LogP contribution is -2.29. The molecule has 0 bridgehead atoms. The van der Waals surface area contributed by atoms with E-state index in [1.54, 1.807) is 0 Å². The zero-order chi connectivity index (χ0) is 15.4. The molecule has 114 valence electrons. The minimum atomic E-state index is -0.616. The molecular weight excluding hydrogens is 282 g/mol. The van der Waals surface area contributed by atoms with Gasteiger partial charge < -0.3 is 19.5 Å². The van der Waals surface area contributed by atoms with Gasteiger partial charge in [-0.1, -0.05) is 36.4 Å². The van der Waals surface area contributed by atoms with Crippen molar-refractivity contribution in [1.82, 2.24) is 5.32 Å². The predicted octanol–water partition coefficient (Wildman–Crippen LogP) is 2.42. The Morgan fingerprint density at radius 3 is 2.73 bits per heavy atom. The van der Waals surface area contributed by atoms with E-state index in [9.17, 15) is 4.79 Å². The molecule has 1 atom stereocenters. The number of fused-ring (bicyclic) bond motifs is 1. The molecule has 1 N–H and O–H groups in total. The number of carbonyl (C=O) groups excluding carboxylic acids is 1. The van der Waals surface area contributed by atoms with Gasteiger partial charge in [0.1, 0.15) is 0 Å². The molecule has 0 saturated carbocycles. The van der Waals surface area contributed by atoms with Gasteiger partial charge in [-0.15, -0.1) is 0 Å². The standard InChI is InChI=1S/C17H17NO4/c1-20-16(13-5-3-2-4-6-13)17(19)18-10-12-7-8-14-15(9-12)22-11-21-14/h2-9,16H,10-11H2,1H3,(H,18,19)/t16-/m1/s1. The van der Waals surface area contributed by atoms with Crippen molar-refractivity contribution in [3.63, 3.8) is 0 Å². The third-order valence-corrected chi connectivity index (χ3v) is 3.48. The lowest BCUT2D eigenvalue weighted by molar-refractivity contribution is -0.131. The van der Waals surface area contributed by atoms with Crippen LogP contribution in [0.4, 0.5) is 0 Å². The van der Waals surface area contributed by atoms with E-state index in [4.69, 9.17) is 14.2 Å². The average Bonchev–Trinajstić information content (AvgIpc) is 3.02. The predicted molar refractivity (Wildman–Crippen MR) is 80.6 cm³/mol. The van der Waals surface area contributed by atoms with Gasteiger partial charge in [-0.25, -0.2) is 0 Å². The number of methoxy groups -OCH3 is 1. The summed E-state index contributed by atoms with van der Waals surface area (Å²) in [7, 11) is 1.53. The topological polar surface area (TPSA) is 56.8 Å². The highest BCUT2D eigenvalue weighted by atomic mass is 16.7. The summed E-state index contributed by atoms with van der Waals surface area (Å²) in [4.78, 5) is 12.3. The van der Waals surface area contributed by atoms with Crippen LogP contribution in [0.1, 0.15) is 17.2 Å². The fraction of sp³-hybridized carbons (Fsp3) is 0.235. The largest absolute Gasteiger partial charge is 0.454 e. The Kier molecular flexibility index (Phi) is 4.25. The summed E-state index contributed by atoms with van der Waals surface area (Å²) in [5, 5.41) is 2.88. The van der Waals surface area contributed by atoms with E-state index in [0.29, 0.717) is 12.3 Å². The quantitative estimate of drug-likeness (QED) is 0.921. The molecule has 22 heavy (non-hydrogen) atoms. The monoisotopic (exact) mass is 299 g/mol. The first kappa shape index (κ1) is 14.4. The molecule has 1 aliphatic heterocycles. The number of amides is 1. The van der Waals surface area contributed by atoms with Crippen LogP contribution < -0.4 is 14.8 Å². The molecule has 0 fully saturated rings. The zero-order valence-corrected chi connectivity index (χ0v) is 12.2. The molecule has 0 aliphatic carbocycles. The van der Waals surface area contributed by atoms with Crippen molar-refractivity contribution in [1.29, 1.82) is 0 Å². The molecular formula is C17H17NO4. The molecule has 0 radical (unpaired) electrons. The lowest BCUT2D eigenvalue weighted by Gasteiger charge is -2.15. The third-order valence-electron chi connectivity index (χ3n) is 3.48. The average molecular weight is 299 g/mol. The molecule has 1 heterocycles. The Bertz CT molecular complexity index is 657. The highest BCUT2D eigenvalue weighted by Gasteiger charge is 2.20. The van der Waals surface area contributed by atoms with Gasteiger partial charge in [0.25, 0.3) is 5.91 Å². The van der Waals surface area contributed by atoms with E-state index in [-0.39, 0.29) is 12.7 Å². The van der Waals surface area contributed by atoms with Crippen molar-refractivity contribution in [2.75, 3.05) is 13.9 Å². The first-order valence-electron chi connectivity index (χ1n) is 7.02. The molecule has 2 aromatic carbocycles. The number of benzene rings is 2. The van der Waals surface area contributed by atoms with Crippen LogP contribution in [0.25, 0.3) is 0 Å². The summed E-state index contributed by atoms with van der Waals surface area (Å²) in [6.07, 6.45) is -0.616. The van der Waals surface area contributed by atoms with Crippen LogP contribution in [0.2, 0.25) is 0 Å². The van der Waals surface area contributed by atoms with Crippen molar-refractivity contribution >= 4 is 5.91 Å². The Balaban J connectivity index is 1.64.